The number of alkyl carbamates (subject to hydrolysis) is 1. The number of nitrogens with one attached hydrogen (secondary N) is 1. The third-order valence-electron chi connectivity index (χ3n) is 3.99. The zero-order valence-electron chi connectivity index (χ0n) is 15.3. The Bertz CT molecular complexity index is 498. The molecule has 136 valence electrons. The van der Waals surface area contributed by atoms with Crippen LogP contribution in [0.2, 0.25) is 0 Å². The molecule has 0 saturated heterocycles. The van der Waals surface area contributed by atoms with Gasteiger partial charge in [0.1, 0.15) is 11.7 Å². The molecule has 3 N–H and O–H groups in total. The number of rotatable bonds is 7. The van der Waals surface area contributed by atoms with Crippen LogP contribution in [-0.2, 0) is 11.2 Å². The molecule has 1 aromatic carbocycles. The zero-order chi connectivity index (χ0) is 18.3. The number of carbonyl (C=O) groups is 1. The van der Waals surface area contributed by atoms with E-state index in [-0.39, 0.29) is 5.92 Å². The summed E-state index contributed by atoms with van der Waals surface area (Å²) < 4.78 is 5.28. The summed E-state index contributed by atoms with van der Waals surface area (Å²) in [5, 5.41) is 23.6. The van der Waals surface area contributed by atoms with Gasteiger partial charge in [0, 0.05) is 0 Å². The summed E-state index contributed by atoms with van der Waals surface area (Å²) >= 11 is 0. The lowest BCUT2D eigenvalue weighted by molar-refractivity contribution is -0.0348. The Morgan fingerprint density at radius 2 is 1.75 bits per heavy atom. The third-order valence-corrected chi connectivity index (χ3v) is 3.99. The van der Waals surface area contributed by atoms with Crippen molar-refractivity contribution in [3.8, 4) is 0 Å². The summed E-state index contributed by atoms with van der Waals surface area (Å²) in [5.41, 5.74) is 0.343. The molecule has 5 heteroatoms. The number of carbonyl (C=O) groups excluding carboxylic acids is 1. The summed E-state index contributed by atoms with van der Waals surface area (Å²) in [6.07, 6.45) is -1.44. The van der Waals surface area contributed by atoms with Crippen LogP contribution in [0.1, 0.15) is 46.6 Å². The minimum absolute atomic E-state index is 0.0706. The molecule has 0 fully saturated rings. The van der Waals surface area contributed by atoms with Gasteiger partial charge in [-0.3, -0.25) is 0 Å². The van der Waals surface area contributed by atoms with Crippen molar-refractivity contribution in [1.82, 2.24) is 5.32 Å². The molecule has 0 heterocycles. The van der Waals surface area contributed by atoms with E-state index in [9.17, 15) is 15.0 Å². The molecular weight excluding hydrogens is 306 g/mol. The average Bonchev–Trinajstić information content (AvgIpc) is 2.51. The number of ether oxygens (including phenoxy) is 1. The Morgan fingerprint density at radius 1 is 1.17 bits per heavy atom. The van der Waals surface area contributed by atoms with E-state index in [1.54, 1.807) is 20.8 Å². The molecular formula is C19H31NO4. The third kappa shape index (κ3) is 6.89. The average molecular weight is 337 g/mol. The van der Waals surface area contributed by atoms with Crippen molar-refractivity contribution >= 4 is 6.09 Å². The topological polar surface area (TPSA) is 78.8 Å². The highest BCUT2D eigenvalue weighted by atomic mass is 16.6. The molecule has 4 atom stereocenters. The van der Waals surface area contributed by atoms with Crippen molar-refractivity contribution < 1.29 is 19.7 Å². The van der Waals surface area contributed by atoms with Crippen LogP contribution < -0.4 is 5.32 Å². The first kappa shape index (κ1) is 20.5. The number of benzene rings is 1. The van der Waals surface area contributed by atoms with Crippen molar-refractivity contribution in [3.63, 3.8) is 0 Å². The largest absolute Gasteiger partial charge is 0.444 e. The summed E-state index contributed by atoms with van der Waals surface area (Å²) in [5.74, 6) is -0.0706. The second kappa shape index (κ2) is 9.04. The molecule has 0 bridgehead atoms. The molecule has 0 spiro atoms. The molecule has 1 aromatic rings. The van der Waals surface area contributed by atoms with Gasteiger partial charge in [-0.05, 0) is 38.7 Å². The zero-order valence-corrected chi connectivity index (χ0v) is 15.3. The van der Waals surface area contributed by atoms with E-state index in [1.165, 1.54) is 0 Å². The molecule has 0 radical (unpaired) electrons. The first-order valence-electron chi connectivity index (χ1n) is 8.53. The minimum Gasteiger partial charge on any atom is -0.444 e. The fraction of sp³-hybridized carbons (Fsp3) is 0.632. The van der Waals surface area contributed by atoms with Crippen LogP contribution in [0.25, 0.3) is 0 Å². The Balaban J connectivity index is 2.88. The molecule has 5 nitrogen and oxygen atoms in total. The van der Waals surface area contributed by atoms with Gasteiger partial charge < -0.3 is 20.3 Å². The van der Waals surface area contributed by atoms with Crippen LogP contribution in [0.5, 0.6) is 0 Å². The molecule has 0 aromatic heterocycles. The van der Waals surface area contributed by atoms with Gasteiger partial charge in [-0.2, -0.15) is 0 Å². The van der Waals surface area contributed by atoms with Gasteiger partial charge in [-0.15, -0.1) is 0 Å². The van der Waals surface area contributed by atoms with E-state index in [1.807, 2.05) is 44.2 Å². The summed E-state index contributed by atoms with van der Waals surface area (Å²) in [6.45, 7) is 9.17. The molecule has 1 rings (SSSR count). The second-order valence-electron chi connectivity index (χ2n) is 7.31. The summed E-state index contributed by atoms with van der Waals surface area (Å²) in [7, 11) is 0. The summed E-state index contributed by atoms with van der Waals surface area (Å²) in [6, 6.07) is 8.92. The Labute approximate surface area is 145 Å². The second-order valence-corrected chi connectivity index (χ2v) is 7.31. The molecule has 24 heavy (non-hydrogen) atoms. The lowest BCUT2D eigenvalue weighted by Gasteiger charge is -2.31. The normalized spacial score (nSPS) is 16.8. The lowest BCUT2D eigenvalue weighted by Crippen LogP contribution is -2.52. The molecule has 4 unspecified atom stereocenters. The van der Waals surface area contributed by atoms with Crippen molar-refractivity contribution in [2.24, 2.45) is 5.92 Å². The van der Waals surface area contributed by atoms with Crippen LogP contribution in [-0.4, -0.2) is 40.2 Å². The van der Waals surface area contributed by atoms with E-state index in [4.69, 9.17) is 4.74 Å². The monoisotopic (exact) mass is 337 g/mol. The van der Waals surface area contributed by atoms with E-state index < -0.39 is 29.9 Å². The molecule has 0 aliphatic rings. The van der Waals surface area contributed by atoms with Gasteiger partial charge in [0.15, 0.2) is 0 Å². The van der Waals surface area contributed by atoms with Crippen LogP contribution >= 0.6 is 0 Å². The number of aliphatic hydroxyl groups is 2. The Kier molecular flexibility index (Phi) is 7.70. The van der Waals surface area contributed by atoms with E-state index >= 15 is 0 Å². The predicted molar refractivity (Wildman–Crippen MR) is 94.8 cm³/mol. The number of hydrogen-bond acceptors (Lipinski definition) is 4. The fourth-order valence-electron chi connectivity index (χ4n) is 2.40. The van der Waals surface area contributed by atoms with E-state index in [0.29, 0.717) is 6.42 Å². The standard InChI is InChI=1S/C19H31NO4/c1-6-13(2)16(21)17(22)15(12-14-10-8-7-9-11-14)20-18(23)24-19(3,4)5/h7-11,13,15-17,21-22H,6,12H2,1-5H3,(H,20,23). The predicted octanol–water partition coefficient (Wildman–Crippen LogP) is 2.89. The molecule has 1 amide bonds. The van der Waals surface area contributed by atoms with Crippen LogP contribution in [0.15, 0.2) is 30.3 Å². The Morgan fingerprint density at radius 3 is 2.25 bits per heavy atom. The quantitative estimate of drug-likeness (QED) is 0.715. The SMILES string of the molecule is CCC(C)C(O)C(O)C(Cc1ccccc1)NC(=O)OC(C)(C)C. The molecule has 0 aliphatic heterocycles. The van der Waals surface area contributed by atoms with E-state index in [2.05, 4.69) is 5.32 Å². The maximum absolute atomic E-state index is 12.1. The van der Waals surface area contributed by atoms with Crippen molar-refractivity contribution in [3.05, 3.63) is 35.9 Å². The maximum Gasteiger partial charge on any atom is 0.407 e. The molecule has 0 aliphatic carbocycles. The van der Waals surface area contributed by atoms with Gasteiger partial charge in [-0.25, -0.2) is 4.79 Å². The summed E-state index contributed by atoms with van der Waals surface area (Å²) in [4.78, 5) is 12.1. The Hall–Kier alpha value is -1.59. The number of aliphatic hydroxyl groups excluding tert-OH is 2. The van der Waals surface area contributed by atoms with Gasteiger partial charge in [-0.1, -0.05) is 50.6 Å². The van der Waals surface area contributed by atoms with Crippen LogP contribution in [0.3, 0.4) is 0 Å². The van der Waals surface area contributed by atoms with Crippen molar-refractivity contribution in [2.45, 2.75) is 71.3 Å². The van der Waals surface area contributed by atoms with Crippen molar-refractivity contribution in [2.75, 3.05) is 0 Å². The van der Waals surface area contributed by atoms with Gasteiger partial charge in [0.05, 0.1) is 12.1 Å². The van der Waals surface area contributed by atoms with Crippen LogP contribution in [0.4, 0.5) is 4.79 Å². The van der Waals surface area contributed by atoms with Gasteiger partial charge in [0.25, 0.3) is 0 Å². The van der Waals surface area contributed by atoms with Crippen LogP contribution in [0, 0.1) is 5.92 Å². The molecule has 0 saturated carbocycles. The van der Waals surface area contributed by atoms with E-state index in [0.717, 1.165) is 12.0 Å². The van der Waals surface area contributed by atoms with Gasteiger partial charge in [0.2, 0.25) is 0 Å². The lowest BCUT2D eigenvalue weighted by atomic mass is 9.90. The highest BCUT2D eigenvalue weighted by molar-refractivity contribution is 5.68. The van der Waals surface area contributed by atoms with Crippen molar-refractivity contribution in [1.29, 1.82) is 0 Å². The maximum atomic E-state index is 12.1. The smallest absolute Gasteiger partial charge is 0.407 e. The first-order valence-corrected chi connectivity index (χ1v) is 8.53. The van der Waals surface area contributed by atoms with Gasteiger partial charge >= 0.3 is 6.09 Å². The fourth-order valence-corrected chi connectivity index (χ4v) is 2.40. The first-order chi connectivity index (χ1) is 11.1. The highest BCUT2D eigenvalue weighted by Crippen LogP contribution is 2.17. The minimum atomic E-state index is -1.08. The highest BCUT2D eigenvalue weighted by Gasteiger charge is 2.31. The number of hydrogen-bond donors (Lipinski definition) is 3. The number of amides is 1.